The van der Waals surface area contributed by atoms with Gasteiger partial charge in [-0.25, -0.2) is 9.59 Å². The van der Waals surface area contributed by atoms with Crippen LogP contribution in [0.15, 0.2) is 0 Å². The summed E-state index contributed by atoms with van der Waals surface area (Å²) in [7, 11) is 0. The highest BCUT2D eigenvalue weighted by Crippen LogP contribution is 2.23. The number of hydrogen-bond donors (Lipinski definition) is 0. The average Bonchev–Trinajstić information content (AvgIpc) is 2.59. The molecule has 0 saturated carbocycles. The Morgan fingerprint density at radius 1 is 1.00 bits per heavy atom. The van der Waals surface area contributed by atoms with E-state index in [0.717, 1.165) is 6.42 Å². The minimum Gasteiger partial charge on any atom is -0.458 e. The number of carbonyl (C=O) groups excluding carboxylic acids is 2. The van der Waals surface area contributed by atoms with Crippen molar-refractivity contribution in [2.45, 2.75) is 71.6 Å². The summed E-state index contributed by atoms with van der Waals surface area (Å²) in [5, 5.41) is 0. The van der Waals surface area contributed by atoms with Crippen LogP contribution in [0.5, 0.6) is 0 Å². The maximum atomic E-state index is 12.1. The Kier molecular flexibility index (Phi) is 4.48. The van der Waals surface area contributed by atoms with Gasteiger partial charge in [0.25, 0.3) is 0 Å². The first-order chi connectivity index (χ1) is 8.49. The SMILES string of the molecule is CC(C)(C)OC(=O)[C@@H]1CCCN1C(=O)OC(C)(C)C. The summed E-state index contributed by atoms with van der Waals surface area (Å²) < 4.78 is 10.7. The maximum absolute atomic E-state index is 12.1. The molecule has 0 aliphatic carbocycles. The molecule has 0 spiro atoms. The maximum Gasteiger partial charge on any atom is 0.411 e. The lowest BCUT2D eigenvalue weighted by Crippen LogP contribution is -2.45. The van der Waals surface area contributed by atoms with Gasteiger partial charge in [-0.15, -0.1) is 0 Å². The fourth-order valence-corrected chi connectivity index (χ4v) is 1.92. The monoisotopic (exact) mass is 271 g/mol. The van der Waals surface area contributed by atoms with E-state index in [4.69, 9.17) is 9.47 Å². The number of hydrogen-bond acceptors (Lipinski definition) is 4. The summed E-state index contributed by atoms with van der Waals surface area (Å²) in [5.74, 6) is -0.351. The third-order valence-corrected chi connectivity index (χ3v) is 2.56. The number of nitrogens with zero attached hydrogens (tertiary/aromatic N) is 1. The topological polar surface area (TPSA) is 55.8 Å². The van der Waals surface area contributed by atoms with Crippen LogP contribution in [0.1, 0.15) is 54.4 Å². The molecule has 5 nitrogen and oxygen atoms in total. The molecule has 0 N–H and O–H groups in total. The molecular weight excluding hydrogens is 246 g/mol. The third-order valence-electron chi connectivity index (χ3n) is 2.56. The van der Waals surface area contributed by atoms with Crippen LogP contribution in [-0.2, 0) is 14.3 Å². The summed E-state index contributed by atoms with van der Waals surface area (Å²) in [5.41, 5.74) is -1.10. The van der Waals surface area contributed by atoms with E-state index in [0.29, 0.717) is 13.0 Å². The molecule has 0 radical (unpaired) electrons. The number of amides is 1. The van der Waals surface area contributed by atoms with Crippen molar-refractivity contribution in [1.82, 2.24) is 4.90 Å². The number of rotatable bonds is 1. The summed E-state index contributed by atoms with van der Waals surface area (Å²) in [4.78, 5) is 25.6. The Morgan fingerprint density at radius 2 is 1.53 bits per heavy atom. The van der Waals surface area contributed by atoms with Gasteiger partial charge >= 0.3 is 12.1 Å². The molecule has 1 fully saturated rings. The smallest absolute Gasteiger partial charge is 0.411 e. The molecule has 0 bridgehead atoms. The molecule has 0 unspecified atom stereocenters. The van der Waals surface area contributed by atoms with E-state index in [9.17, 15) is 9.59 Å². The lowest BCUT2D eigenvalue weighted by Gasteiger charge is -2.29. The zero-order valence-corrected chi connectivity index (χ0v) is 12.8. The van der Waals surface area contributed by atoms with Crippen molar-refractivity contribution in [2.24, 2.45) is 0 Å². The predicted molar refractivity (Wildman–Crippen MR) is 71.8 cm³/mol. The van der Waals surface area contributed by atoms with Gasteiger partial charge in [-0.1, -0.05) is 0 Å². The molecule has 1 saturated heterocycles. The highest BCUT2D eigenvalue weighted by Gasteiger charge is 2.38. The van der Waals surface area contributed by atoms with Crippen LogP contribution in [0.2, 0.25) is 0 Å². The van der Waals surface area contributed by atoms with E-state index in [2.05, 4.69) is 0 Å². The summed E-state index contributed by atoms with van der Waals surface area (Å²) in [6, 6.07) is -0.519. The van der Waals surface area contributed by atoms with Crippen molar-refractivity contribution in [3.05, 3.63) is 0 Å². The van der Waals surface area contributed by atoms with Crippen molar-refractivity contribution < 1.29 is 19.1 Å². The highest BCUT2D eigenvalue weighted by atomic mass is 16.6. The number of ether oxygens (including phenoxy) is 2. The molecular formula is C14H25NO4. The van der Waals surface area contributed by atoms with Gasteiger partial charge in [0.2, 0.25) is 0 Å². The second kappa shape index (κ2) is 5.39. The van der Waals surface area contributed by atoms with E-state index >= 15 is 0 Å². The molecule has 1 atom stereocenters. The molecule has 19 heavy (non-hydrogen) atoms. The van der Waals surface area contributed by atoms with E-state index in [1.54, 1.807) is 0 Å². The molecule has 0 aromatic carbocycles. The molecule has 110 valence electrons. The molecule has 0 aromatic rings. The lowest BCUT2D eigenvalue weighted by molar-refractivity contribution is -0.160. The van der Waals surface area contributed by atoms with Crippen LogP contribution in [-0.4, -0.2) is 40.8 Å². The van der Waals surface area contributed by atoms with Crippen molar-refractivity contribution >= 4 is 12.1 Å². The van der Waals surface area contributed by atoms with E-state index in [-0.39, 0.29) is 5.97 Å². The van der Waals surface area contributed by atoms with Crippen LogP contribution in [0.3, 0.4) is 0 Å². The van der Waals surface area contributed by atoms with E-state index < -0.39 is 23.3 Å². The van der Waals surface area contributed by atoms with E-state index in [1.807, 2.05) is 41.5 Å². The normalized spacial score (nSPS) is 20.3. The summed E-state index contributed by atoms with van der Waals surface area (Å²) in [6.45, 7) is 11.4. The quantitative estimate of drug-likeness (QED) is 0.688. The van der Waals surface area contributed by atoms with Crippen LogP contribution in [0, 0.1) is 0 Å². The molecule has 1 heterocycles. The van der Waals surface area contributed by atoms with Gasteiger partial charge < -0.3 is 9.47 Å². The second-order valence-electron chi connectivity index (χ2n) is 6.87. The Morgan fingerprint density at radius 3 is 2.00 bits per heavy atom. The molecule has 1 aliphatic rings. The standard InChI is InChI=1S/C14H25NO4/c1-13(2,3)18-11(16)10-8-7-9-15(10)12(17)19-14(4,5)6/h10H,7-9H2,1-6H3/t10-/m0/s1. The fraction of sp³-hybridized carbons (Fsp3) is 0.857. The lowest BCUT2D eigenvalue weighted by atomic mass is 10.1. The van der Waals surface area contributed by atoms with Crippen molar-refractivity contribution in [2.75, 3.05) is 6.54 Å². The molecule has 1 aliphatic heterocycles. The molecule has 0 aromatic heterocycles. The van der Waals surface area contributed by atoms with Gasteiger partial charge in [0.15, 0.2) is 0 Å². The van der Waals surface area contributed by atoms with Gasteiger partial charge in [0.05, 0.1) is 0 Å². The Labute approximate surface area is 115 Å². The number of carbonyl (C=O) groups is 2. The summed E-state index contributed by atoms with van der Waals surface area (Å²) >= 11 is 0. The van der Waals surface area contributed by atoms with Gasteiger partial charge in [0.1, 0.15) is 17.2 Å². The van der Waals surface area contributed by atoms with Crippen LogP contribution in [0.25, 0.3) is 0 Å². The van der Waals surface area contributed by atoms with Crippen LogP contribution >= 0.6 is 0 Å². The average molecular weight is 271 g/mol. The number of esters is 1. The van der Waals surface area contributed by atoms with Crippen molar-refractivity contribution in [3.63, 3.8) is 0 Å². The molecule has 1 amide bonds. The Hall–Kier alpha value is -1.26. The largest absolute Gasteiger partial charge is 0.458 e. The van der Waals surface area contributed by atoms with Crippen molar-refractivity contribution in [1.29, 1.82) is 0 Å². The van der Waals surface area contributed by atoms with Gasteiger partial charge in [-0.3, -0.25) is 4.90 Å². The van der Waals surface area contributed by atoms with Gasteiger partial charge in [-0.05, 0) is 54.4 Å². The number of likely N-dealkylation sites (tertiary alicyclic amines) is 1. The first-order valence-electron chi connectivity index (χ1n) is 6.72. The van der Waals surface area contributed by atoms with Crippen molar-refractivity contribution in [3.8, 4) is 0 Å². The summed E-state index contributed by atoms with van der Waals surface area (Å²) in [6.07, 6.45) is 0.984. The third kappa shape index (κ3) is 5.09. The Balaban J connectivity index is 2.69. The Bertz CT molecular complexity index is 317. The zero-order chi connectivity index (χ0) is 14.8. The minimum atomic E-state index is -0.557. The molecule has 5 heteroatoms. The first kappa shape index (κ1) is 15.8. The molecule has 1 rings (SSSR count). The van der Waals surface area contributed by atoms with Gasteiger partial charge in [0, 0.05) is 6.54 Å². The van der Waals surface area contributed by atoms with E-state index in [1.165, 1.54) is 4.90 Å². The highest BCUT2D eigenvalue weighted by molar-refractivity contribution is 5.82. The first-order valence-corrected chi connectivity index (χ1v) is 6.72. The minimum absolute atomic E-state index is 0.351. The zero-order valence-electron chi connectivity index (χ0n) is 12.8. The fourth-order valence-electron chi connectivity index (χ4n) is 1.92. The second-order valence-corrected chi connectivity index (χ2v) is 6.87. The van der Waals surface area contributed by atoms with Crippen LogP contribution in [0.4, 0.5) is 4.79 Å². The predicted octanol–water partition coefficient (Wildman–Crippen LogP) is 2.73. The van der Waals surface area contributed by atoms with Gasteiger partial charge in [-0.2, -0.15) is 0 Å². The van der Waals surface area contributed by atoms with Crippen LogP contribution < -0.4 is 0 Å².